The molecule has 10 atom stereocenters. The molecule has 0 aromatic carbocycles. The Morgan fingerprint density at radius 2 is 0.453 bits per heavy atom. The molecule has 0 aromatic heterocycles. The zero-order valence-corrected chi connectivity index (χ0v) is 69.8. The van der Waals surface area contributed by atoms with Crippen LogP contribution in [-0.2, 0) is 0 Å². The molecule has 22 aliphatic rings. The van der Waals surface area contributed by atoms with E-state index >= 15 is 0 Å². The fourth-order valence-corrected chi connectivity index (χ4v) is 26.5. The Balaban J connectivity index is 0.0000000950. The first-order valence-corrected chi connectivity index (χ1v) is 44.0. The lowest BCUT2D eigenvalue weighted by Crippen LogP contribution is -2.83. The van der Waals surface area contributed by atoms with Gasteiger partial charge in [0.25, 0.3) is 0 Å². The smallest absolute Gasteiger partial charge is 0.221 e. The minimum absolute atomic E-state index is 0.326. The summed E-state index contributed by atoms with van der Waals surface area (Å²) in [5.74, 6) is 0. The van der Waals surface area contributed by atoms with Crippen LogP contribution in [0.1, 0.15) is 34.6 Å². The third kappa shape index (κ3) is 13.9. The van der Waals surface area contributed by atoms with Crippen molar-refractivity contribution in [3.63, 3.8) is 0 Å². The van der Waals surface area contributed by atoms with E-state index in [9.17, 15) is 0 Å². The first-order chi connectivity index (χ1) is 51.1. The molecule has 5 N–H and O–H groups in total. The molecule has 0 saturated carbocycles. The summed E-state index contributed by atoms with van der Waals surface area (Å²) in [6.07, 6.45) is 3.54. The third-order valence-electron chi connectivity index (χ3n) is 33.6. The molecule has 22 fully saturated rings. The number of nitrogens with one attached hydrogen (secondary N) is 5. The first-order valence-electron chi connectivity index (χ1n) is 44.0. The van der Waals surface area contributed by atoms with Gasteiger partial charge in [-0.1, -0.05) is 0 Å². The summed E-state index contributed by atoms with van der Waals surface area (Å²) in [4.78, 5) is 50.8. The summed E-state index contributed by atoms with van der Waals surface area (Å²) in [5, 5.41) is 17.1. The molecule has 22 saturated heterocycles. The fourth-order valence-electron chi connectivity index (χ4n) is 26.5. The van der Waals surface area contributed by atoms with Gasteiger partial charge in [0.1, 0.15) is 23.2 Å². The van der Waals surface area contributed by atoms with Crippen LogP contribution in [0.4, 0.5) is 0 Å². The highest BCUT2D eigenvalue weighted by atomic mass is 15.7. The second-order valence-corrected chi connectivity index (χ2v) is 38.7. The van der Waals surface area contributed by atoms with Gasteiger partial charge in [-0.25, -0.2) is 19.6 Å². The monoisotopic (exact) mass is 1490 g/mol. The molecule has 0 radical (unpaired) electrons. The number of quaternary nitrogens is 4. The maximum atomic E-state index is 3.46. The Kier molecular flexibility index (Phi) is 23.6. The lowest BCUT2D eigenvalue weighted by Gasteiger charge is -2.60. The molecule has 0 amide bonds. The predicted octanol–water partition coefficient (Wildman–Crippen LogP) is -5.22. The maximum Gasteiger partial charge on any atom is 0.221 e. The van der Waals surface area contributed by atoms with Crippen LogP contribution in [0.2, 0.25) is 0 Å². The molecule has 0 spiro atoms. The van der Waals surface area contributed by atoms with Gasteiger partial charge < -0.3 is 59.2 Å². The van der Waals surface area contributed by atoms with E-state index < -0.39 is 0 Å². The lowest BCUT2D eigenvalue weighted by molar-refractivity contribution is -1.03. The molecule has 22 heterocycles. The highest BCUT2D eigenvalue weighted by Gasteiger charge is 2.73. The molecule has 106 heavy (non-hydrogen) atoms. The second-order valence-electron chi connectivity index (χ2n) is 38.7. The second kappa shape index (κ2) is 31.8. The summed E-state index contributed by atoms with van der Waals surface area (Å²) >= 11 is 0. The van der Waals surface area contributed by atoms with E-state index in [0.717, 1.165) is 117 Å². The Hall–Kier alpha value is -1.12. The van der Waals surface area contributed by atoms with Crippen molar-refractivity contribution in [1.82, 2.24) is 120 Å². The van der Waals surface area contributed by atoms with Crippen LogP contribution in [-0.4, -0.2) is 586 Å². The van der Waals surface area contributed by atoms with Gasteiger partial charge in [0.2, 0.25) is 11.8 Å². The molecule has 22 rings (SSSR count). The molecular formula is C78H158N28+4. The molecule has 0 aromatic rings. The zero-order valence-electron chi connectivity index (χ0n) is 69.8. The zero-order chi connectivity index (χ0) is 73.5. The summed E-state index contributed by atoms with van der Waals surface area (Å²) in [6, 6.07) is 0. The van der Waals surface area contributed by atoms with Crippen LogP contribution >= 0.6 is 0 Å². The van der Waals surface area contributed by atoms with Crippen LogP contribution < -0.4 is 26.6 Å². The van der Waals surface area contributed by atoms with Crippen molar-refractivity contribution in [3.05, 3.63) is 0 Å². The molecule has 0 bridgehead atoms. The van der Waals surface area contributed by atoms with Crippen molar-refractivity contribution in [3.8, 4) is 0 Å². The number of nitrogens with zero attached hydrogens (tertiary/aromatic N) is 23. The number of hydrogen-bond donors (Lipinski definition) is 5. The van der Waals surface area contributed by atoms with Crippen LogP contribution in [0.15, 0.2) is 0 Å². The van der Waals surface area contributed by atoms with Crippen molar-refractivity contribution in [1.29, 1.82) is 0 Å². The van der Waals surface area contributed by atoms with Gasteiger partial charge in [-0.2, -0.15) is 0 Å². The van der Waals surface area contributed by atoms with Crippen LogP contribution in [0.25, 0.3) is 0 Å². The standard InChI is InChI=1S/C13H26N4.2C12H23N4.2C11H20N4.C10H24N4.C9H22N4/c1-13-12-14-4-8-16(12,2)9-6-15(13)7-11-17(13,3)10-5-14;1-12-11-13-3-4-14(12)5-6-15(12)8-10-16(11,2)9-7-13;1-12-11-13-3-4-14(11)7-9-16(12,2)10-8-15(12)6-5-13;2*1-11-10-12-2-3-13(10)5-7-15(11)9-8-14(11)6-4-12;1-13-7-3-11-5-9-14(2)10-6-12-4-8-13;1-13-8-6-11-4-2-10-3-5-12-7-9-13/h12H,4-11H2,1-3H3;2*11H,3-10H2,1-2H3;2*10H,2-9H2,1H3;11-12H,3-10H2,1-2H3;10-12H,2-9H2,1H3/q+2;2*+1;;;;/t12-,13-,16?,17?;2*11-,12+,16?;;;;/m001..../s1. The van der Waals surface area contributed by atoms with E-state index in [2.05, 4.69) is 204 Å². The molecule has 4 unspecified atom stereocenters. The average molecular weight is 1490 g/mol. The Morgan fingerprint density at radius 1 is 0.217 bits per heavy atom. The Labute approximate surface area is 644 Å². The minimum atomic E-state index is 0.326. The summed E-state index contributed by atoms with van der Waals surface area (Å²) in [5.41, 5.74) is 1.73. The normalized spacial score (nSPS) is 45.2. The van der Waals surface area contributed by atoms with Gasteiger partial charge in [-0.05, 0) is 41.9 Å². The molecular weight excluding hydrogens is 1330 g/mol. The molecule has 22 aliphatic heterocycles. The van der Waals surface area contributed by atoms with Crippen LogP contribution in [0.5, 0.6) is 0 Å². The topological polar surface area (TPSA) is 122 Å². The number of rotatable bonds is 0. The average Bonchev–Trinajstić information content (AvgIpc) is 1.52. The highest BCUT2D eigenvalue weighted by Crippen LogP contribution is 2.51. The third-order valence-corrected chi connectivity index (χ3v) is 33.6. The maximum absolute atomic E-state index is 3.46. The summed E-state index contributed by atoms with van der Waals surface area (Å²) < 4.78 is 5.18. The van der Waals surface area contributed by atoms with Gasteiger partial charge in [0.05, 0.1) is 132 Å². The van der Waals surface area contributed by atoms with Crippen LogP contribution in [0.3, 0.4) is 0 Å². The SMILES string of the molecule is CC12C3N4CCN3CCN1CCN2CC4.CC12C3N4CCN3CCN1CCN2CC4.CN1CCNCCN(C)CCNCC1.CN1CCNCCNCCNCC1.C[C@@]12[C@@H]3N4CCN3CC[N+]1(C)CCN2CC4.C[C@@]12[C@H]3N4CCN1CCN2CC[N+]3(C)CC4.C[C@]12[C@H]3N4CC[N+]3(C)CCN1CC[N+]2(C)CC4. The van der Waals surface area contributed by atoms with Gasteiger partial charge in [-0.15, -0.1) is 0 Å². The van der Waals surface area contributed by atoms with Crippen molar-refractivity contribution in [2.45, 2.75) is 93.8 Å². The number of hydrogen-bond acceptors (Lipinski definition) is 24. The molecule has 0 aliphatic carbocycles. The fraction of sp³-hybridized carbons (Fsp3) is 1.00. The quantitative estimate of drug-likeness (QED) is 0.149. The van der Waals surface area contributed by atoms with E-state index in [1.165, 1.54) is 280 Å². The lowest BCUT2D eigenvalue weighted by atomic mass is 9.95. The minimum Gasteiger partial charge on any atom is -0.314 e. The van der Waals surface area contributed by atoms with E-state index in [1.54, 1.807) is 0 Å². The predicted molar refractivity (Wildman–Crippen MR) is 427 cm³/mol. The largest absolute Gasteiger partial charge is 0.314 e. The summed E-state index contributed by atoms with van der Waals surface area (Å²) in [6.45, 7) is 82.5. The summed E-state index contributed by atoms with van der Waals surface area (Å²) in [7, 11) is 16.5. The van der Waals surface area contributed by atoms with Gasteiger partial charge >= 0.3 is 0 Å². The first kappa shape index (κ1) is 78.8. The Bertz CT molecular complexity index is 2750. The van der Waals surface area contributed by atoms with Crippen molar-refractivity contribution >= 4 is 0 Å². The van der Waals surface area contributed by atoms with E-state index in [-0.39, 0.29) is 0 Å². The Morgan fingerprint density at radius 3 is 0.877 bits per heavy atom. The van der Waals surface area contributed by atoms with Crippen LogP contribution in [0, 0.1) is 0 Å². The van der Waals surface area contributed by atoms with Gasteiger partial charge in [-0.3, -0.25) is 58.8 Å². The van der Waals surface area contributed by atoms with Gasteiger partial charge in [0, 0.05) is 289 Å². The van der Waals surface area contributed by atoms with E-state index in [4.69, 9.17) is 0 Å². The van der Waals surface area contributed by atoms with E-state index in [0.29, 0.717) is 46.8 Å². The number of piperazine rings is 10. The molecule has 28 nitrogen and oxygen atoms in total. The van der Waals surface area contributed by atoms with Crippen molar-refractivity contribution in [2.75, 3.05) is 416 Å². The molecule has 606 valence electrons. The number of likely N-dealkylation sites (N-methyl/N-ethyl adjacent to an activating group) is 7. The van der Waals surface area contributed by atoms with Crippen molar-refractivity contribution < 1.29 is 17.9 Å². The van der Waals surface area contributed by atoms with E-state index in [1.807, 2.05) is 0 Å². The van der Waals surface area contributed by atoms with Gasteiger partial charge in [0.15, 0.2) is 11.8 Å². The van der Waals surface area contributed by atoms with Crippen molar-refractivity contribution in [2.24, 2.45) is 0 Å². The molecule has 28 heteroatoms. The highest BCUT2D eigenvalue weighted by molar-refractivity contribution is 5.13.